The lowest BCUT2D eigenvalue weighted by atomic mass is 9.75. The van der Waals surface area contributed by atoms with Crippen molar-refractivity contribution in [3.05, 3.63) is 53.7 Å². The Kier molecular flexibility index (Phi) is 9.34. The summed E-state index contributed by atoms with van der Waals surface area (Å²) in [6.07, 6.45) is -0.233. The normalized spacial score (nSPS) is 20.7. The van der Waals surface area contributed by atoms with Gasteiger partial charge in [-0.25, -0.2) is 4.39 Å². The van der Waals surface area contributed by atoms with E-state index >= 15 is 0 Å². The summed E-state index contributed by atoms with van der Waals surface area (Å²) in [4.78, 5) is 14.6. The van der Waals surface area contributed by atoms with E-state index < -0.39 is 19.4 Å². The Bertz CT molecular complexity index is 1610. The third-order valence-electron chi connectivity index (χ3n) is 9.14. The number of likely N-dealkylation sites (tertiary alicyclic amines) is 1. The molecule has 1 aliphatic carbocycles. The van der Waals surface area contributed by atoms with Gasteiger partial charge in [-0.1, -0.05) is 12.0 Å². The average Bonchev–Trinajstić information content (AvgIpc) is 3.34. The third kappa shape index (κ3) is 7.05. The molecule has 0 unspecified atom stereocenters. The summed E-state index contributed by atoms with van der Waals surface area (Å²) >= 11 is 0. The minimum atomic E-state index is -4.43. The van der Waals surface area contributed by atoms with Crippen LogP contribution in [-0.4, -0.2) is 86.8 Å². The van der Waals surface area contributed by atoms with Crippen molar-refractivity contribution in [2.24, 2.45) is 5.41 Å². The lowest BCUT2D eigenvalue weighted by Crippen LogP contribution is -2.68. The highest BCUT2D eigenvalue weighted by Gasteiger charge is 2.50. The van der Waals surface area contributed by atoms with E-state index in [0.717, 1.165) is 57.7 Å². The van der Waals surface area contributed by atoms with Crippen molar-refractivity contribution < 1.29 is 31.8 Å². The molecule has 1 saturated carbocycles. The Morgan fingerprint density at radius 3 is 2.54 bits per heavy atom. The fraction of sp³-hybridized carbons (Fsp3) is 0.500. The van der Waals surface area contributed by atoms with E-state index in [2.05, 4.69) is 32.7 Å². The predicted octanol–water partition coefficient (Wildman–Crippen LogP) is 5.43. The largest absolute Gasteiger partial charge is 0.489 e. The highest BCUT2D eigenvalue weighted by Crippen LogP contribution is 2.41. The zero-order valence-corrected chi connectivity index (χ0v) is 25.8. The number of fused-ring (bicyclic) bond motifs is 1. The number of rotatable bonds is 10. The first-order chi connectivity index (χ1) is 22.2. The summed E-state index contributed by atoms with van der Waals surface area (Å²) in [5.74, 6) is 5.79. The van der Waals surface area contributed by atoms with Crippen LogP contribution in [0, 0.1) is 17.3 Å². The number of alkyl halides is 4. The summed E-state index contributed by atoms with van der Waals surface area (Å²) in [6.45, 7) is 2.03. The van der Waals surface area contributed by atoms with Crippen molar-refractivity contribution in [1.82, 2.24) is 14.8 Å². The van der Waals surface area contributed by atoms with Gasteiger partial charge in [0.25, 0.3) is 5.91 Å². The maximum atomic E-state index is 13.7. The fourth-order valence-electron chi connectivity index (χ4n) is 6.81. The van der Waals surface area contributed by atoms with Gasteiger partial charge in [0.15, 0.2) is 0 Å². The van der Waals surface area contributed by atoms with Crippen LogP contribution in [-0.2, 0) is 11.3 Å². The number of carbonyl (C=O) groups is 1. The molecule has 6 rings (SSSR count). The summed E-state index contributed by atoms with van der Waals surface area (Å²) < 4.78 is 66.0. The molecule has 3 aliphatic rings. The SMILES string of the molecule is CNC(=O)c1ccc(NCC#Cc2cc3c(N[C@H]4CC[C@H](N5CC6(COC6)C5)CC4)cccc3n2CC(F)(F)F)c(OCCF)c1. The van der Waals surface area contributed by atoms with Crippen molar-refractivity contribution >= 4 is 28.2 Å². The van der Waals surface area contributed by atoms with Crippen LogP contribution in [0.2, 0.25) is 0 Å². The van der Waals surface area contributed by atoms with E-state index in [1.807, 2.05) is 6.07 Å². The smallest absolute Gasteiger partial charge is 0.406 e. The highest BCUT2D eigenvalue weighted by atomic mass is 19.4. The number of anilines is 2. The van der Waals surface area contributed by atoms with Gasteiger partial charge in [0.2, 0.25) is 0 Å². The molecule has 46 heavy (non-hydrogen) atoms. The van der Waals surface area contributed by atoms with Crippen LogP contribution < -0.4 is 20.7 Å². The summed E-state index contributed by atoms with van der Waals surface area (Å²) in [5.41, 5.74) is 2.76. The van der Waals surface area contributed by atoms with Crippen molar-refractivity contribution in [2.45, 2.75) is 50.5 Å². The quantitative estimate of drug-likeness (QED) is 0.203. The van der Waals surface area contributed by atoms with Crippen LogP contribution >= 0.6 is 0 Å². The first kappa shape index (κ1) is 32.0. The number of ether oxygens (including phenoxy) is 2. The van der Waals surface area contributed by atoms with E-state index in [9.17, 15) is 22.4 Å². The Labute approximate surface area is 265 Å². The molecular formula is C34H39F4N5O3. The molecule has 1 spiro atoms. The maximum Gasteiger partial charge on any atom is 0.406 e. The molecule has 3 N–H and O–H groups in total. The standard InChI is InChI=1S/C34H39F4N5O3/c1-39-32(44)23-7-12-29(31(16-23)46-15-13-35)40-14-3-4-26-17-27-28(5-2-6-30(27)43(26)20-34(36,37)38)41-24-8-10-25(11-9-24)42-18-33(19-42)21-45-22-33/h2,5-7,12,16-17,24-25,40-41H,8-11,13-15,18-22H2,1H3,(H,39,44)/t24-,25-. The van der Waals surface area contributed by atoms with Gasteiger partial charge < -0.3 is 30.0 Å². The van der Waals surface area contributed by atoms with Gasteiger partial charge in [-0.05, 0) is 68.0 Å². The van der Waals surface area contributed by atoms with Gasteiger partial charge in [-0.3, -0.25) is 9.69 Å². The van der Waals surface area contributed by atoms with Crippen LogP contribution in [0.5, 0.6) is 5.75 Å². The number of benzene rings is 2. The monoisotopic (exact) mass is 641 g/mol. The van der Waals surface area contributed by atoms with Crippen molar-refractivity contribution in [2.75, 3.05) is 63.8 Å². The van der Waals surface area contributed by atoms with E-state index in [-0.39, 0.29) is 36.5 Å². The highest BCUT2D eigenvalue weighted by molar-refractivity contribution is 5.95. The molecular weight excluding hydrogens is 602 g/mol. The number of carbonyl (C=O) groups excluding carboxylic acids is 1. The first-order valence-electron chi connectivity index (χ1n) is 15.7. The lowest BCUT2D eigenvalue weighted by Gasteiger charge is -2.58. The molecule has 0 bridgehead atoms. The van der Waals surface area contributed by atoms with Crippen LogP contribution in [0.25, 0.3) is 10.9 Å². The molecule has 3 fully saturated rings. The zero-order valence-electron chi connectivity index (χ0n) is 25.8. The van der Waals surface area contributed by atoms with Gasteiger partial charge >= 0.3 is 6.18 Å². The Hall–Kier alpha value is -3.95. The average molecular weight is 642 g/mol. The Morgan fingerprint density at radius 1 is 1.09 bits per heavy atom. The first-order valence-corrected chi connectivity index (χ1v) is 15.7. The third-order valence-corrected chi connectivity index (χ3v) is 9.14. The number of nitrogens with zero attached hydrogens (tertiary/aromatic N) is 2. The Morgan fingerprint density at radius 2 is 1.87 bits per heavy atom. The molecule has 246 valence electrons. The summed E-state index contributed by atoms with van der Waals surface area (Å²) in [7, 11) is 1.50. The molecule has 12 heteroatoms. The molecule has 3 heterocycles. The van der Waals surface area contributed by atoms with E-state index in [0.29, 0.717) is 33.6 Å². The molecule has 2 aromatic carbocycles. The number of hydrogen-bond acceptors (Lipinski definition) is 6. The van der Waals surface area contributed by atoms with E-state index in [1.165, 1.54) is 17.7 Å². The summed E-state index contributed by atoms with van der Waals surface area (Å²) in [6, 6.07) is 12.7. The Balaban J connectivity index is 1.15. The number of hydrogen-bond donors (Lipinski definition) is 3. The molecule has 1 amide bonds. The second-order valence-electron chi connectivity index (χ2n) is 12.5. The molecule has 8 nitrogen and oxygen atoms in total. The van der Waals surface area contributed by atoms with Crippen LogP contribution in [0.4, 0.5) is 28.9 Å². The summed E-state index contributed by atoms with van der Waals surface area (Å²) in [5, 5.41) is 9.92. The maximum absolute atomic E-state index is 13.7. The van der Waals surface area contributed by atoms with E-state index in [1.54, 1.807) is 30.3 Å². The molecule has 1 aromatic heterocycles. The molecule has 3 aromatic rings. The molecule has 0 atom stereocenters. The van der Waals surface area contributed by atoms with Crippen LogP contribution in [0.1, 0.15) is 41.7 Å². The second kappa shape index (κ2) is 13.4. The molecule has 0 radical (unpaired) electrons. The van der Waals surface area contributed by atoms with Gasteiger partial charge in [-0.15, -0.1) is 0 Å². The van der Waals surface area contributed by atoms with Gasteiger partial charge in [-0.2, -0.15) is 13.2 Å². The number of amides is 1. The van der Waals surface area contributed by atoms with Gasteiger partial charge in [0.05, 0.1) is 36.7 Å². The number of nitrogens with one attached hydrogen (secondary N) is 3. The van der Waals surface area contributed by atoms with Crippen LogP contribution in [0.15, 0.2) is 42.5 Å². The number of aromatic nitrogens is 1. The second-order valence-corrected chi connectivity index (χ2v) is 12.5. The fourth-order valence-corrected chi connectivity index (χ4v) is 6.81. The topological polar surface area (TPSA) is 79.8 Å². The minimum Gasteiger partial charge on any atom is -0.489 e. The van der Waals surface area contributed by atoms with Crippen molar-refractivity contribution in [1.29, 1.82) is 0 Å². The molecule has 2 saturated heterocycles. The van der Waals surface area contributed by atoms with Crippen LogP contribution in [0.3, 0.4) is 0 Å². The predicted molar refractivity (Wildman–Crippen MR) is 169 cm³/mol. The van der Waals surface area contributed by atoms with E-state index in [4.69, 9.17) is 9.47 Å². The molecule has 2 aliphatic heterocycles. The minimum absolute atomic E-state index is 0.0817. The van der Waals surface area contributed by atoms with Gasteiger partial charge in [0.1, 0.15) is 25.6 Å². The lowest BCUT2D eigenvalue weighted by molar-refractivity contribution is -0.200. The zero-order chi connectivity index (χ0) is 32.3. The van der Waals surface area contributed by atoms with Gasteiger partial charge in [0, 0.05) is 54.3 Å². The van der Waals surface area contributed by atoms with Crippen molar-refractivity contribution in [3.63, 3.8) is 0 Å². The number of halogens is 4. The van der Waals surface area contributed by atoms with Crippen molar-refractivity contribution in [3.8, 4) is 17.6 Å².